The molecule has 1 amide bonds. The Morgan fingerprint density at radius 3 is 2.79 bits per heavy atom. The van der Waals surface area contributed by atoms with Gasteiger partial charge in [0.1, 0.15) is 11.5 Å². The second-order valence-corrected chi connectivity index (χ2v) is 6.73. The van der Waals surface area contributed by atoms with E-state index in [1.807, 2.05) is 0 Å². The molecular weight excluding hydrogens is 421 g/mol. The van der Waals surface area contributed by atoms with E-state index >= 15 is 0 Å². The molecule has 0 atom stereocenters. The standard InChI is InChI=1S/C19H13Cl2N3O3S/c20-11-3-6-13(14(21)10-11)16-7-4-12(27-16)5-8-17(26)23-19(28)24-18-15(25)2-1-9-22-18/h1-10,25H,(H2,22,23,24,26,28)/b8-5+. The largest absolute Gasteiger partial charge is 0.504 e. The van der Waals surface area contributed by atoms with Crippen LogP contribution >= 0.6 is 35.4 Å². The molecule has 6 nitrogen and oxygen atoms in total. The lowest BCUT2D eigenvalue weighted by atomic mass is 10.2. The second-order valence-electron chi connectivity index (χ2n) is 5.47. The van der Waals surface area contributed by atoms with Gasteiger partial charge in [0.05, 0.1) is 5.02 Å². The Morgan fingerprint density at radius 2 is 2.04 bits per heavy atom. The number of rotatable bonds is 4. The Kier molecular flexibility index (Phi) is 6.30. The van der Waals surface area contributed by atoms with Crippen LogP contribution in [-0.4, -0.2) is 21.1 Å². The molecule has 0 bridgehead atoms. The van der Waals surface area contributed by atoms with E-state index in [1.54, 1.807) is 36.4 Å². The van der Waals surface area contributed by atoms with Crippen molar-refractivity contribution in [2.24, 2.45) is 0 Å². The van der Waals surface area contributed by atoms with Crippen molar-refractivity contribution in [3.05, 3.63) is 70.5 Å². The molecule has 0 aliphatic heterocycles. The highest BCUT2D eigenvalue weighted by Crippen LogP contribution is 2.31. The Morgan fingerprint density at radius 1 is 1.21 bits per heavy atom. The number of hydrogen-bond donors (Lipinski definition) is 3. The fourth-order valence-electron chi connectivity index (χ4n) is 2.22. The van der Waals surface area contributed by atoms with Gasteiger partial charge in [-0.25, -0.2) is 4.98 Å². The summed E-state index contributed by atoms with van der Waals surface area (Å²) in [6, 6.07) is 11.5. The van der Waals surface area contributed by atoms with E-state index in [4.69, 9.17) is 39.8 Å². The lowest BCUT2D eigenvalue weighted by Crippen LogP contribution is -2.33. The molecule has 2 aromatic heterocycles. The normalized spacial score (nSPS) is 10.8. The van der Waals surface area contributed by atoms with Crippen LogP contribution in [0.15, 0.2) is 59.2 Å². The molecule has 28 heavy (non-hydrogen) atoms. The van der Waals surface area contributed by atoms with E-state index in [0.717, 1.165) is 0 Å². The number of aromatic hydroxyl groups is 1. The molecule has 2 heterocycles. The van der Waals surface area contributed by atoms with Crippen LogP contribution in [0.2, 0.25) is 10.0 Å². The maximum atomic E-state index is 12.0. The van der Waals surface area contributed by atoms with Crippen molar-refractivity contribution in [3.63, 3.8) is 0 Å². The fraction of sp³-hybridized carbons (Fsp3) is 0. The van der Waals surface area contributed by atoms with Crippen LogP contribution in [0.25, 0.3) is 17.4 Å². The Balaban J connectivity index is 1.61. The summed E-state index contributed by atoms with van der Waals surface area (Å²) >= 11 is 17.1. The second kappa shape index (κ2) is 8.88. The van der Waals surface area contributed by atoms with Gasteiger partial charge in [0, 0.05) is 22.9 Å². The van der Waals surface area contributed by atoms with Gasteiger partial charge in [-0.05, 0) is 60.8 Å². The average molecular weight is 434 g/mol. The monoisotopic (exact) mass is 433 g/mol. The van der Waals surface area contributed by atoms with Gasteiger partial charge in [-0.2, -0.15) is 0 Å². The van der Waals surface area contributed by atoms with E-state index in [0.29, 0.717) is 27.1 Å². The smallest absolute Gasteiger partial charge is 0.250 e. The van der Waals surface area contributed by atoms with E-state index in [-0.39, 0.29) is 16.7 Å². The number of nitrogens with zero attached hydrogens (tertiary/aromatic N) is 1. The number of furan rings is 1. The van der Waals surface area contributed by atoms with Gasteiger partial charge in [-0.15, -0.1) is 0 Å². The fourth-order valence-corrected chi connectivity index (χ4v) is 2.92. The number of carbonyl (C=O) groups excluding carboxylic acids is 1. The molecule has 0 aliphatic rings. The number of anilines is 1. The minimum atomic E-state index is -0.476. The molecule has 0 saturated carbocycles. The molecule has 0 unspecified atom stereocenters. The highest BCUT2D eigenvalue weighted by atomic mass is 35.5. The van der Waals surface area contributed by atoms with Gasteiger partial charge in [0.15, 0.2) is 16.7 Å². The molecule has 0 aliphatic carbocycles. The SMILES string of the molecule is O=C(/C=C/c1ccc(-c2ccc(Cl)cc2Cl)o1)NC(=S)Nc1ncccc1O. The molecule has 0 radical (unpaired) electrons. The van der Waals surface area contributed by atoms with Crippen molar-refractivity contribution in [3.8, 4) is 17.1 Å². The van der Waals surface area contributed by atoms with E-state index < -0.39 is 5.91 Å². The predicted octanol–water partition coefficient (Wildman–Crippen LogP) is 4.88. The maximum Gasteiger partial charge on any atom is 0.250 e. The Hall–Kier alpha value is -2.87. The number of benzene rings is 1. The minimum absolute atomic E-state index is 0.00303. The van der Waals surface area contributed by atoms with Gasteiger partial charge in [0.2, 0.25) is 5.91 Å². The molecule has 0 saturated heterocycles. The van der Waals surface area contributed by atoms with Crippen molar-refractivity contribution < 1.29 is 14.3 Å². The maximum absolute atomic E-state index is 12.0. The molecule has 142 valence electrons. The van der Waals surface area contributed by atoms with Crippen molar-refractivity contribution >= 4 is 58.3 Å². The van der Waals surface area contributed by atoms with Gasteiger partial charge in [-0.3, -0.25) is 10.1 Å². The first-order valence-corrected chi connectivity index (χ1v) is 9.08. The summed E-state index contributed by atoms with van der Waals surface area (Å²) in [4.78, 5) is 15.9. The molecular formula is C19H13Cl2N3O3S. The van der Waals surface area contributed by atoms with Gasteiger partial charge < -0.3 is 14.8 Å². The number of nitrogens with one attached hydrogen (secondary N) is 2. The van der Waals surface area contributed by atoms with Crippen molar-refractivity contribution in [2.45, 2.75) is 0 Å². The molecule has 0 fully saturated rings. The number of carbonyl (C=O) groups is 1. The predicted molar refractivity (Wildman–Crippen MR) is 113 cm³/mol. The zero-order chi connectivity index (χ0) is 20.1. The summed E-state index contributed by atoms with van der Waals surface area (Å²) in [5.74, 6) is 0.586. The molecule has 1 aromatic carbocycles. The van der Waals surface area contributed by atoms with Gasteiger partial charge >= 0.3 is 0 Å². The zero-order valence-corrected chi connectivity index (χ0v) is 16.5. The van der Waals surface area contributed by atoms with Crippen molar-refractivity contribution in [1.29, 1.82) is 0 Å². The highest BCUT2D eigenvalue weighted by molar-refractivity contribution is 7.80. The number of amides is 1. The van der Waals surface area contributed by atoms with E-state index in [2.05, 4.69) is 15.6 Å². The lowest BCUT2D eigenvalue weighted by Gasteiger charge is -2.08. The Labute approximate surface area is 175 Å². The minimum Gasteiger partial charge on any atom is -0.504 e. The summed E-state index contributed by atoms with van der Waals surface area (Å²) in [6.07, 6.45) is 4.23. The number of thiocarbonyl (C=S) groups is 1. The highest BCUT2D eigenvalue weighted by Gasteiger charge is 2.09. The first-order chi connectivity index (χ1) is 13.4. The Bertz CT molecular complexity index is 1070. The van der Waals surface area contributed by atoms with Crippen LogP contribution < -0.4 is 10.6 Å². The van der Waals surface area contributed by atoms with Crippen LogP contribution in [0.3, 0.4) is 0 Å². The summed E-state index contributed by atoms with van der Waals surface area (Å²) < 4.78 is 5.67. The van der Waals surface area contributed by atoms with Crippen molar-refractivity contribution in [1.82, 2.24) is 10.3 Å². The third-order valence-corrected chi connectivity index (χ3v) is 4.23. The summed E-state index contributed by atoms with van der Waals surface area (Å²) in [5, 5.41) is 15.7. The molecule has 3 rings (SSSR count). The van der Waals surface area contributed by atoms with Crippen molar-refractivity contribution in [2.75, 3.05) is 5.32 Å². The first-order valence-electron chi connectivity index (χ1n) is 7.91. The summed E-state index contributed by atoms with van der Waals surface area (Å²) in [7, 11) is 0. The average Bonchev–Trinajstić information content (AvgIpc) is 3.10. The third kappa shape index (κ3) is 5.10. The van der Waals surface area contributed by atoms with Gasteiger partial charge in [0.25, 0.3) is 0 Å². The number of aromatic nitrogens is 1. The van der Waals surface area contributed by atoms with Gasteiger partial charge in [-0.1, -0.05) is 23.2 Å². The van der Waals surface area contributed by atoms with E-state index in [9.17, 15) is 9.90 Å². The number of halogens is 2. The number of pyridine rings is 1. The number of hydrogen-bond acceptors (Lipinski definition) is 5. The van der Waals surface area contributed by atoms with Crippen LogP contribution in [0.5, 0.6) is 5.75 Å². The summed E-state index contributed by atoms with van der Waals surface area (Å²) in [6.45, 7) is 0. The molecule has 9 heteroatoms. The zero-order valence-electron chi connectivity index (χ0n) is 14.1. The molecule has 0 spiro atoms. The first kappa shape index (κ1) is 19.9. The topological polar surface area (TPSA) is 87.4 Å². The molecule has 3 N–H and O–H groups in total. The van der Waals surface area contributed by atoms with Crippen LogP contribution in [0.4, 0.5) is 5.82 Å². The third-order valence-electron chi connectivity index (χ3n) is 3.48. The summed E-state index contributed by atoms with van der Waals surface area (Å²) in [5.41, 5.74) is 0.690. The molecule has 3 aromatic rings. The van der Waals surface area contributed by atoms with Crippen LogP contribution in [-0.2, 0) is 4.79 Å². The van der Waals surface area contributed by atoms with E-state index in [1.165, 1.54) is 24.4 Å². The quantitative estimate of drug-likeness (QED) is 0.401. The van der Waals surface area contributed by atoms with Crippen LogP contribution in [0.1, 0.15) is 5.76 Å². The lowest BCUT2D eigenvalue weighted by molar-refractivity contribution is -0.115. The van der Waals surface area contributed by atoms with Crippen LogP contribution in [0, 0.1) is 0 Å².